The van der Waals surface area contributed by atoms with Gasteiger partial charge in [0.2, 0.25) is 0 Å². The van der Waals surface area contributed by atoms with Gasteiger partial charge in [0.15, 0.2) is 11.5 Å². The van der Waals surface area contributed by atoms with Crippen LogP contribution in [0.4, 0.5) is 11.5 Å². The number of fused-ring (bicyclic) bond motifs is 1. The topological polar surface area (TPSA) is 88.5 Å². The molecule has 0 aliphatic heterocycles. The predicted molar refractivity (Wildman–Crippen MR) is 97.9 cm³/mol. The zero-order valence-electron chi connectivity index (χ0n) is 14.7. The number of pyridine rings is 1. The standard InChI is InChI=1S/C19H20N4O3/c1-3-4-12-26-15-9-7-14(8-10-15)21-22-18-16(19(24)25)20-17-13(2)6-5-11-23(17)18/h5-11H,3-4,12H2,1-2H3,(H,24,25). The summed E-state index contributed by atoms with van der Waals surface area (Å²) in [7, 11) is 0. The fraction of sp³-hybridized carbons (Fsp3) is 0.263. The minimum atomic E-state index is -1.14. The first-order valence-corrected chi connectivity index (χ1v) is 8.45. The molecule has 0 spiro atoms. The van der Waals surface area contributed by atoms with Gasteiger partial charge in [-0.05, 0) is 49.2 Å². The summed E-state index contributed by atoms with van der Waals surface area (Å²) in [4.78, 5) is 15.7. The summed E-state index contributed by atoms with van der Waals surface area (Å²) in [5, 5.41) is 17.7. The van der Waals surface area contributed by atoms with Gasteiger partial charge in [-0.3, -0.25) is 4.40 Å². The van der Waals surface area contributed by atoms with Crippen molar-refractivity contribution in [1.29, 1.82) is 0 Å². The zero-order valence-corrected chi connectivity index (χ0v) is 14.7. The largest absolute Gasteiger partial charge is 0.494 e. The van der Waals surface area contributed by atoms with E-state index in [0.717, 1.165) is 24.2 Å². The third-order valence-corrected chi connectivity index (χ3v) is 3.89. The number of rotatable bonds is 7. The number of ether oxygens (including phenoxy) is 1. The summed E-state index contributed by atoms with van der Waals surface area (Å²) in [5.41, 5.74) is 1.90. The number of nitrogens with zero attached hydrogens (tertiary/aromatic N) is 4. The maximum atomic E-state index is 11.5. The van der Waals surface area contributed by atoms with Crippen LogP contribution in [0.1, 0.15) is 35.8 Å². The molecule has 0 aliphatic rings. The van der Waals surface area contributed by atoms with E-state index in [0.29, 0.717) is 17.9 Å². The molecule has 1 aromatic carbocycles. The molecule has 2 heterocycles. The minimum absolute atomic E-state index is 0.123. The molecule has 0 aliphatic carbocycles. The summed E-state index contributed by atoms with van der Waals surface area (Å²) < 4.78 is 7.24. The molecular formula is C19H20N4O3. The van der Waals surface area contributed by atoms with Crippen molar-refractivity contribution in [3.8, 4) is 5.75 Å². The first kappa shape index (κ1) is 17.6. The van der Waals surface area contributed by atoms with Crippen LogP contribution in [-0.2, 0) is 0 Å². The van der Waals surface area contributed by atoms with Crippen LogP contribution in [0.15, 0.2) is 52.8 Å². The Morgan fingerprint density at radius 1 is 1.23 bits per heavy atom. The molecule has 3 rings (SSSR count). The Balaban J connectivity index is 1.87. The second-order valence-corrected chi connectivity index (χ2v) is 5.87. The molecule has 2 aromatic heterocycles. The molecule has 0 bridgehead atoms. The van der Waals surface area contributed by atoms with E-state index in [-0.39, 0.29) is 11.5 Å². The quantitative estimate of drug-likeness (QED) is 0.482. The van der Waals surface area contributed by atoms with Gasteiger partial charge in [-0.25, -0.2) is 9.78 Å². The molecule has 7 nitrogen and oxygen atoms in total. The van der Waals surface area contributed by atoms with Gasteiger partial charge in [0.05, 0.1) is 12.3 Å². The van der Waals surface area contributed by atoms with Crippen LogP contribution in [0.3, 0.4) is 0 Å². The number of azo groups is 1. The van der Waals surface area contributed by atoms with E-state index >= 15 is 0 Å². The number of aromatic carboxylic acids is 1. The van der Waals surface area contributed by atoms with E-state index in [9.17, 15) is 9.90 Å². The van der Waals surface area contributed by atoms with E-state index in [1.165, 1.54) is 0 Å². The molecule has 0 amide bonds. The number of hydrogen-bond donors (Lipinski definition) is 1. The lowest BCUT2D eigenvalue weighted by Gasteiger charge is -2.04. The molecule has 3 aromatic rings. The van der Waals surface area contributed by atoms with Gasteiger partial charge in [0.1, 0.15) is 11.4 Å². The second kappa shape index (κ2) is 7.77. The third-order valence-electron chi connectivity index (χ3n) is 3.89. The van der Waals surface area contributed by atoms with Crippen LogP contribution in [0.2, 0.25) is 0 Å². The molecule has 0 fully saturated rings. The number of carbonyl (C=O) groups is 1. The highest BCUT2D eigenvalue weighted by Gasteiger charge is 2.19. The maximum Gasteiger partial charge on any atom is 0.358 e. The Morgan fingerprint density at radius 3 is 2.69 bits per heavy atom. The van der Waals surface area contributed by atoms with Crippen molar-refractivity contribution in [3.05, 3.63) is 53.9 Å². The van der Waals surface area contributed by atoms with E-state index < -0.39 is 5.97 Å². The van der Waals surface area contributed by atoms with Crippen LogP contribution in [0.25, 0.3) is 5.65 Å². The number of aromatic nitrogens is 2. The van der Waals surface area contributed by atoms with Crippen LogP contribution >= 0.6 is 0 Å². The summed E-state index contributed by atoms with van der Waals surface area (Å²) in [5.74, 6) is -0.171. The van der Waals surface area contributed by atoms with Gasteiger partial charge in [0.25, 0.3) is 0 Å². The van der Waals surface area contributed by atoms with Crippen molar-refractivity contribution in [2.75, 3.05) is 6.61 Å². The van der Waals surface area contributed by atoms with Gasteiger partial charge >= 0.3 is 5.97 Å². The summed E-state index contributed by atoms with van der Waals surface area (Å²) in [6, 6.07) is 10.9. The maximum absolute atomic E-state index is 11.5. The highest BCUT2D eigenvalue weighted by atomic mass is 16.5. The lowest BCUT2D eigenvalue weighted by atomic mass is 10.3. The Hall–Kier alpha value is -3.22. The molecular weight excluding hydrogens is 332 g/mol. The first-order valence-electron chi connectivity index (χ1n) is 8.45. The van der Waals surface area contributed by atoms with E-state index in [2.05, 4.69) is 22.1 Å². The van der Waals surface area contributed by atoms with Gasteiger partial charge in [0, 0.05) is 6.20 Å². The third kappa shape index (κ3) is 3.72. The van der Waals surface area contributed by atoms with Crippen LogP contribution < -0.4 is 4.74 Å². The lowest BCUT2D eigenvalue weighted by molar-refractivity contribution is 0.0692. The number of carboxylic acids is 1. The Kier molecular flexibility index (Phi) is 5.26. The van der Waals surface area contributed by atoms with Crippen molar-refractivity contribution in [2.45, 2.75) is 26.7 Å². The number of aryl methyl sites for hydroxylation is 1. The zero-order chi connectivity index (χ0) is 18.5. The molecule has 0 saturated carbocycles. The molecule has 0 saturated heterocycles. The average molecular weight is 352 g/mol. The Bertz CT molecular complexity index is 945. The van der Waals surface area contributed by atoms with Crippen LogP contribution in [-0.4, -0.2) is 27.1 Å². The number of unbranched alkanes of at least 4 members (excludes halogenated alkanes) is 1. The molecule has 1 N–H and O–H groups in total. The molecule has 7 heteroatoms. The van der Waals surface area contributed by atoms with Gasteiger partial charge in [-0.15, -0.1) is 10.2 Å². The number of imidazole rings is 1. The van der Waals surface area contributed by atoms with Crippen molar-refractivity contribution < 1.29 is 14.6 Å². The summed E-state index contributed by atoms with van der Waals surface area (Å²) in [6.07, 6.45) is 3.81. The summed E-state index contributed by atoms with van der Waals surface area (Å²) >= 11 is 0. The fourth-order valence-corrected chi connectivity index (χ4v) is 2.48. The van der Waals surface area contributed by atoms with Crippen LogP contribution in [0, 0.1) is 6.92 Å². The summed E-state index contributed by atoms with van der Waals surface area (Å²) in [6.45, 7) is 4.66. The van der Waals surface area contributed by atoms with Crippen molar-refractivity contribution in [1.82, 2.24) is 9.38 Å². The molecule has 0 radical (unpaired) electrons. The number of hydrogen-bond acceptors (Lipinski definition) is 5. The van der Waals surface area contributed by atoms with E-state index in [1.807, 2.05) is 31.2 Å². The van der Waals surface area contributed by atoms with E-state index in [4.69, 9.17) is 4.74 Å². The van der Waals surface area contributed by atoms with Gasteiger partial charge < -0.3 is 9.84 Å². The van der Waals surface area contributed by atoms with Crippen molar-refractivity contribution in [3.63, 3.8) is 0 Å². The minimum Gasteiger partial charge on any atom is -0.494 e. The first-order chi connectivity index (χ1) is 12.6. The SMILES string of the molecule is CCCCOc1ccc(N=Nc2c(C(=O)O)nc3c(C)cccn23)cc1. The predicted octanol–water partition coefficient (Wildman–Crippen LogP) is 4.94. The monoisotopic (exact) mass is 352 g/mol. The van der Waals surface area contributed by atoms with Crippen molar-refractivity contribution >= 4 is 23.1 Å². The smallest absolute Gasteiger partial charge is 0.358 e. The molecule has 134 valence electrons. The fourth-order valence-electron chi connectivity index (χ4n) is 2.48. The van der Waals surface area contributed by atoms with Crippen molar-refractivity contribution in [2.24, 2.45) is 10.2 Å². The van der Waals surface area contributed by atoms with E-state index in [1.54, 1.807) is 22.7 Å². The highest BCUT2D eigenvalue weighted by molar-refractivity contribution is 5.92. The molecule has 0 unspecified atom stereocenters. The average Bonchev–Trinajstić information content (AvgIpc) is 3.02. The second-order valence-electron chi connectivity index (χ2n) is 5.87. The highest BCUT2D eigenvalue weighted by Crippen LogP contribution is 2.26. The number of carboxylic acid groups (broad SMARTS) is 1. The van der Waals surface area contributed by atoms with Gasteiger partial charge in [-0.1, -0.05) is 19.4 Å². The van der Waals surface area contributed by atoms with Gasteiger partial charge in [-0.2, -0.15) is 0 Å². The molecule has 26 heavy (non-hydrogen) atoms. The number of benzene rings is 1. The Labute approximate surface area is 151 Å². The Morgan fingerprint density at radius 2 is 2.00 bits per heavy atom. The van der Waals surface area contributed by atoms with Crippen LogP contribution in [0.5, 0.6) is 5.75 Å². The lowest BCUT2D eigenvalue weighted by Crippen LogP contribution is -1.96. The normalized spacial score (nSPS) is 11.3. The molecule has 0 atom stereocenters.